The van der Waals surface area contributed by atoms with Gasteiger partial charge in [-0.25, -0.2) is 9.37 Å². The number of pyridine rings is 1. The summed E-state index contributed by atoms with van der Waals surface area (Å²) in [7, 11) is 3.71. The van der Waals surface area contributed by atoms with E-state index < -0.39 is 6.10 Å². The molecule has 4 aromatic rings. The monoisotopic (exact) mass is 500 g/mol. The second-order valence-electron chi connectivity index (χ2n) is 10.5. The van der Waals surface area contributed by atoms with Crippen molar-refractivity contribution in [2.45, 2.75) is 56.8 Å². The zero-order valence-corrected chi connectivity index (χ0v) is 21.3. The average Bonchev–Trinajstić information content (AvgIpc) is 3.11. The summed E-state index contributed by atoms with van der Waals surface area (Å²) >= 11 is 0. The van der Waals surface area contributed by atoms with E-state index in [1.807, 2.05) is 24.7 Å². The van der Waals surface area contributed by atoms with Gasteiger partial charge in [0, 0.05) is 72.2 Å². The number of rotatable bonds is 2. The molecule has 1 spiro atoms. The molecule has 190 valence electrons. The van der Waals surface area contributed by atoms with Gasteiger partial charge < -0.3 is 15.2 Å². The molecule has 3 aromatic heterocycles. The van der Waals surface area contributed by atoms with Crippen LogP contribution in [0.1, 0.15) is 61.1 Å². The fourth-order valence-electron chi connectivity index (χ4n) is 6.57. The molecule has 2 bridgehead atoms. The fourth-order valence-corrected chi connectivity index (χ4v) is 6.57. The van der Waals surface area contributed by atoms with Gasteiger partial charge in [0.2, 0.25) is 0 Å². The highest BCUT2D eigenvalue weighted by Gasteiger charge is 2.64. The number of anilines is 1. The van der Waals surface area contributed by atoms with Gasteiger partial charge >= 0.3 is 0 Å². The van der Waals surface area contributed by atoms with Crippen molar-refractivity contribution in [1.29, 1.82) is 0 Å². The number of hydrogen-bond acceptors (Lipinski definition) is 6. The zero-order chi connectivity index (χ0) is 25.6. The lowest BCUT2D eigenvalue weighted by Crippen LogP contribution is -2.14. The second kappa shape index (κ2) is 7.64. The Labute approximate surface area is 214 Å². The van der Waals surface area contributed by atoms with E-state index in [-0.39, 0.29) is 29.1 Å². The first-order valence-corrected chi connectivity index (χ1v) is 12.7. The molecule has 4 heterocycles. The summed E-state index contributed by atoms with van der Waals surface area (Å²) in [4.78, 5) is 4.49. The van der Waals surface area contributed by atoms with Crippen LogP contribution < -0.4 is 10.5 Å². The fraction of sp³-hybridized carbons (Fsp3) is 0.393. The van der Waals surface area contributed by atoms with Crippen molar-refractivity contribution in [3.05, 3.63) is 64.9 Å². The van der Waals surface area contributed by atoms with Gasteiger partial charge in [0.15, 0.2) is 11.6 Å². The van der Waals surface area contributed by atoms with Gasteiger partial charge in [-0.2, -0.15) is 10.2 Å². The molecule has 9 heteroatoms. The van der Waals surface area contributed by atoms with Crippen LogP contribution in [0.3, 0.4) is 0 Å². The maximum atomic E-state index is 14.5. The first-order chi connectivity index (χ1) is 17.8. The van der Waals surface area contributed by atoms with Crippen LogP contribution in [-0.2, 0) is 23.7 Å². The van der Waals surface area contributed by atoms with E-state index in [0.29, 0.717) is 17.9 Å². The van der Waals surface area contributed by atoms with Crippen LogP contribution in [0, 0.1) is 5.82 Å². The van der Waals surface area contributed by atoms with Crippen molar-refractivity contribution in [2.75, 3.05) is 12.8 Å². The Morgan fingerprint density at radius 1 is 1.22 bits per heavy atom. The largest absolute Gasteiger partial charge is 0.482 e. The molecule has 4 atom stereocenters. The first kappa shape index (κ1) is 22.5. The van der Waals surface area contributed by atoms with E-state index in [2.05, 4.69) is 22.8 Å². The molecule has 2 unspecified atom stereocenters. The predicted molar refractivity (Wildman–Crippen MR) is 137 cm³/mol. The Balaban J connectivity index is 1.58. The number of nitrogen functional groups attached to an aromatic ring is 1. The van der Waals surface area contributed by atoms with Crippen LogP contribution in [0.4, 0.5) is 10.2 Å². The number of halogens is 1. The van der Waals surface area contributed by atoms with E-state index in [9.17, 15) is 4.39 Å². The summed E-state index contributed by atoms with van der Waals surface area (Å²) in [6, 6.07) is 6.76. The van der Waals surface area contributed by atoms with Crippen LogP contribution in [0.2, 0.25) is 0 Å². The molecular formula is C28H29FN6O2. The number of benzene rings is 1. The molecule has 2 aliphatic carbocycles. The smallest absolute Gasteiger partial charge is 0.166 e. The zero-order valence-electron chi connectivity index (χ0n) is 21.3. The van der Waals surface area contributed by atoms with Crippen LogP contribution in [0.5, 0.6) is 5.75 Å². The molecule has 1 aromatic carbocycles. The predicted octanol–water partition coefficient (Wildman–Crippen LogP) is 4.73. The van der Waals surface area contributed by atoms with E-state index >= 15 is 0 Å². The van der Waals surface area contributed by atoms with Gasteiger partial charge in [0.05, 0.1) is 23.2 Å². The van der Waals surface area contributed by atoms with Gasteiger partial charge in [0.1, 0.15) is 11.9 Å². The highest BCUT2D eigenvalue weighted by atomic mass is 19.1. The van der Waals surface area contributed by atoms with E-state index in [1.165, 1.54) is 17.7 Å². The Morgan fingerprint density at radius 3 is 2.81 bits per heavy atom. The van der Waals surface area contributed by atoms with Crippen molar-refractivity contribution >= 4 is 5.82 Å². The van der Waals surface area contributed by atoms with Crippen LogP contribution in [-0.4, -0.2) is 37.8 Å². The maximum Gasteiger partial charge on any atom is 0.166 e. The van der Waals surface area contributed by atoms with Crippen molar-refractivity contribution < 1.29 is 13.9 Å². The SMILES string of the molecule is CCn1nc2c3c1-c1cnc(N)c(c1)O[C@H](C)c1cc(F)ccc1-c1nn(C)cc1[C@H]3CC21CC1OC. The van der Waals surface area contributed by atoms with Crippen molar-refractivity contribution in [2.24, 2.45) is 7.05 Å². The Hall–Kier alpha value is -3.72. The summed E-state index contributed by atoms with van der Waals surface area (Å²) in [5.74, 6) is 0.472. The molecule has 7 rings (SSSR count). The van der Waals surface area contributed by atoms with Crippen LogP contribution in [0.15, 0.2) is 36.7 Å². The number of aromatic nitrogens is 5. The standard InChI is InChI=1S/C28H29FN6O2/c1-5-35-25-15-8-21(27(30)31-12-15)37-14(2)18-9-16(29)6-7-17(18)24-20(13-34(3)32-24)19-10-28(11-22(28)36-4)26(33-35)23(19)25/h6-9,12-14,19,22H,5,10-11H2,1-4H3,(H2,30,31)/t14-,19-,22?,28?/m1/s1. The number of nitrogens with zero attached hydrogens (tertiary/aromatic N) is 5. The average molecular weight is 501 g/mol. The van der Waals surface area contributed by atoms with Crippen molar-refractivity contribution in [1.82, 2.24) is 24.5 Å². The third-order valence-electron chi connectivity index (χ3n) is 8.37. The van der Waals surface area contributed by atoms with Crippen molar-refractivity contribution in [3.8, 4) is 28.3 Å². The normalized spacial score (nSPS) is 25.1. The molecule has 1 aliphatic heterocycles. The summed E-state index contributed by atoms with van der Waals surface area (Å²) in [5, 5.41) is 10.1. The summed E-state index contributed by atoms with van der Waals surface area (Å²) in [6.07, 6.45) is 5.36. The van der Waals surface area contributed by atoms with Gasteiger partial charge in [0.25, 0.3) is 0 Å². The Morgan fingerprint density at radius 2 is 2.05 bits per heavy atom. The van der Waals surface area contributed by atoms with Crippen LogP contribution in [0.25, 0.3) is 22.5 Å². The molecule has 0 amide bonds. The van der Waals surface area contributed by atoms with Gasteiger partial charge in [-0.15, -0.1) is 0 Å². The van der Waals surface area contributed by atoms with E-state index in [0.717, 1.165) is 46.6 Å². The lowest BCUT2D eigenvalue weighted by Gasteiger charge is -2.22. The molecule has 2 N–H and O–H groups in total. The van der Waals surface area contributed by atoms with Gasteiger partial charge in [-0.3, -0.25) is 9.36 Å². The minimum Gasteiger partial charge on any atom is -0.482 e. The molecular weight excluding hydrogens is 471 g/mol. The van der Waals surface area contributed by atoms with E-state index in [4.69, 9.17) is 25.4 Å². The number of hydrogen-bond donors (Lipinski definition) is 1. The lowest BCUT2D eigenvalue weighted by atomic mass is 9.87. The third-order valence-corrected chi connectivity index (χ3v) is 8.37. The number of methoxy groups -OCH3 is 1. The first-order valence-electron chi connectivity index (χ1n) is 12.7. The minimum atomic E-state index is -0.485. The minimum absolute atomic E-state index is 0.0451. The molecule has 1 fully saturated rings. The summed E-state index contributed by atoms with van der Waals surface area (Å²) in [6.45, 7) is 4.71. The molecule has 3 aliphatic rings. The highest BCUT2D eigenvalue weighted by Crippen LogP contribution is 2.65. The molecule has 8 nitrogen and oxygen atoms in total. The molecule has 0 saturated heterocycles. The van der Waals surface area contributed by atoms with Gasteiger partial charge in [-0.1, -0.05) is 0 Å². The molecule has 37 heavy (non-hydrogen) atoms. The summed E-state index contributed by atoms with van der Waals surface area (Å²) < 4.78 is 30.7. The maximum absolute atomic E-state index is 14.5. The second-order valence-corrected chi connectivity index (χ2v) is 10.5. The van der Waals surface area contributed by atoms with Crippen LogP contribution >= 0.6 is 0 Å². The summed E-state index contributed by atoms with van der Waals surface area (Å²) in [5.41, 5.74) is 13.8. The quantitative estimate of drug-likeness (QED) is 0.428. The molecule has 0 radical (unpaired) electrons. The van der Waals surface area contributed by atoms with Crippen molar-refractivity contribution in [3.63, 3.8) is 0 Å². The van der Waals surface area contributed by atoms with Gasteiger partial charge in [-0.05, 0) is 51.0 Å². The number of ether oxygens (including phenoxy) is 2. The topological polar surface area (TPSA) is 93.0 Å². The third kappa shape index (κ3) is 3.06. The van der Waals surface area contributed by atoms with E-state index in [1.54, 1.807) is 19.4 Å². The number of nitrogens with two attached hydrogens (primary N) is 1. The molecule has 1 saturated carbocycles. The Kier molecular flexibility index (Phi) is 4.64. The Bertz CT molecular complexity index is 1580. The number of fused-ring (bicyclic) bond motifs is 8. The highest BCUT2D eigenvalue weighted by molar-refractivity contribution is 5.76. The number of aryl methyl sites for hydroxylation is 2. The lowest BCUT2D eigenvalue weighted by molar-refractivity contribution is 0.159.